The first kappa shape index (κ1) is 12.9. The summed E-state index contributed by atoms with van der Waals surface area (Å²) in [4.78, 5) is 0. The van der Waals surface area contributed by atoms with Crippen molar-refractivity contribution in [3.8, 4) is 0 Å². The number of halogens is 1. The zero-order chi connectivity index (χ0) is 12.5. The first-order valence-electron chi connectivity index (χ1n) is 6.19. The summed E-state index contributed by atoms with van der Waals surface area (Å²) in [6.07, 6.45) is 2.85. The van der Waals surface area contributed by atoms with E-state index in [1.54, 1.807) is 0 Å². The van der Waals surface area contributed by atoms with Gasteiger partial charge in [0.25, 0.3) is 0 Å². The quantitative estimate of drug-likeness (QED) is 0.848. The van der Waals surface area contributed by atoms with Crippen molar-refractivity contribution in [1.82, 2.24) is 5.32 Å². The molecule has 0 radical (unpaired) electrons. The molecule has 1 aliphatic heterocycles. The molecular weight excluding hydrogens is 234 g/mol. The Morgan fingerprint density at radius 3 is 2.88 bits per heavy atom. The zero-order valence-electron chi connectivity index (χ0n) is 10.4. The Hall–Kier alpha value is -0.570. The van der Waals surface area contributed by atoms with Crippen molar-refractivity contribution >= 4 is 11.6 Å². The van der Waals surface area contributed by atoms with Crippen LogP contribution in [0.5, 0.6) is 0 Å². The zero-order valence-corrected chi connectivity index (χ0v) is 11.2. The van der Waals surface area contributed by atoms with Crippen molar-refractivity contribution < 1.29 is 5.11 Å². The molecule has 1 aromatic rings. The van der Waals surface area contributed by atoms with Crippen LogP contribution in [0.4, 0.5) is 0 Å². The molecule has 94 valence electrons. The summed E-state index contributed by atoms with van der Waals surface area (Å²) >= 11 is 5.95. The van der Waals surface area contributed by atoms with E-state index in [4.69, 9.17) is 11.6 Å². The van der Waals surface area contributed by atoms with Crippen LogP contribution in [0.2, 0.25) is 5.02 Å². The molecule has 0 amide bonds. The monoisotopic (exact) mass is 253 g/mol. The lowest BCUT2D eigenvalue weighted by Gasteiger charge is -2.39. The molecule has 0 bridgehead atoms. The van der Waals surface area contributed by atoms with Crippen LogP contribution in [-0.4, -0.2) is 16.7 Å². The number of aliphatic hydroxyl groups excluding tert-OH is 1. The van der Waals surface area contributed by atoms with Gasteiger partial charge in [0.2, 0.25) is 0 Å². The van der Waals surface area contributed by atoms with E-state index in [0.717, 1.165) is 24.8 Å². The molecule has 0 saturated carbocycles. The minimum absolute atomic E-state index is 0.114. The van der Waals surface area contributed by atoms with Crippen molar-refractivity contribution in [1.29, 1.82) is 0 Å². The van der Waals surface area contributed by atoms with Crippen LogP contribution in [0, 0.1) is 0 Å². The van der Waals surface area contributed by atoms with Crippen molar-refractivity contribution in [2.24, 2.45) is 0 Å². The average molecular weight is 254 g/mol. The van der Waals surface area contributed by atoms with Gasteiger partial charge in [0, 0.05) is 16.6 Å². The molecule has 3 heteroatoms. The number of nitrogens with one attached hydrogen (secondary N) is 1. The van der Waals surface area contributed by atoms with Gasteiger partial charge in [-0.25, -0.2) is 0 Å². The first-order chi connectivity index (χ1) is 7.98. The highest BCUT2D eigenvalue weighted by molar-refractivity contribution is 6.30. The van der Waals surface area contributed by atoms with E-state index in [9.17, 15) is 5.11 Å². The Morgan fingerprint density at radius 2 is 2.24 bits per heavy atom. The summed E-state index contributed by atoms with van der Waals surface area (Å²) in [6.45, 7) is 4.37. The van der Waals surface area contributed by atoms with Gasteiger partial charge in [-0.15, -0.1) is 0 Å². The normalized spacial score (nSPS) is 25.5. The van der Waals surface area contributed by atoms with E-state index >= 15 is 0 Å². The van der Waals surface area contributed by atoms with Crippen molar-refractivity contribution in [2.45, 2.75) is 50.8 Å². The van der Waals surface area contributed by atoms with Crippen LogP contribution >= 0.6 is 11.6 Å². The lowest BCUT2D eigenvalue weighted by molar-refractivity contribution is 0.0844. The van der Waals surface area contributed by atoms with E-state index in [1.807, 2.05) is 24.3 Å². The maximum absolute atomic E-state index is 10.4. The van der Waals surface area contributed by atoms with Gasteiger partial charge in [0.05, 0.1) is 6.10 Å². The summed E-state index contributed by atoms with van der Waals surface area (Å²) in [5, 5.41) is 14.6. The third-order valence-electron chi connectivity index (χ3n) is 3.46. The summed E-state index contributed by atoms with van der Waals surface area (Å²) in [5.41, 5.74) is 1.01. The van der Waals surface area contributed by atoms with Crippen molar-refractivity contribution in [3.63, 3.8) is 0 Å². The molecule has 2 nitrogen and oxygen atoms in total. The highest BCUT2D eigenvalue weighted by Gasteiger charge is 2.31. The van der Waals surface area contributed by atoms with Gasteiger partial charge >= 0.3 is 0 Å². The van der Waals surface area contributed by atoms with Gasteiger partial charge < -0.3 is 10.4 Å². The number of benzene rings is 1. The molecule has 1 aromatic carbocycles. The fourth-order valence-electron chi connectivity index (χ4n) is 2.57. The summed E-state index contributed by atoms with van der Waals surface area (Å²) in [5.74, 6) is 0. The second kappa shape index (κ2) is 4.97. The number of hydrogen-bond acceptors (Lipinski definition) is 2. The largest absolute Gasteiger partial charge is 0.387 e. The van der Waals surface area contributed by atoms with Gasteiger partial charge in [-0.2, -0.15) is 0 Å². The van der Waals surface area contributed by atoms with Crippen LogP contribution in [0.15, 0.2) is 24.3 Å². The van der Waals surface area contributed by atoms with Crippen LogP contribution in [0.1, 0.15) is 44.8 Å². The molecule has 2 unspecified atom stereocenters. The van der Waals surface area contributed by atoms with Crippen LogP contribution in [0.3, 0.4) is 0 Å². The van der Waals surface area contributed by atoms with Gasteiger partial charge in [-0.1, -0.05) is 23.7 Å². The Kier molecular flexibility index (Phi) is 3.76. The van der Waals surface area contributed by atoms with Crippen LogP contribution in [-0.2, 0) is 0 Å². The van der Waals surface area contributed by atoms with E-state index in [1.165, 1.54) is 0 Å². The van der Waals surface area contributed by atoms with Crippen molar-refractivity contribution in [3.05, 3.63) is 34.9 Å². The predicted octanol–water partition coefficient (Wildman–Crippen LogP) is 3.29. The molecule has 1 fully saturated rings. The highest BCUT2D eigenvalue weighted by Crippen LogP contribution is 2.29. The van der Waals surface area contributed by atoms with Gasteiger partial charge in [-0.3, -0.25) is 0 Å². The lowest BCUT2D eigenvalue weighted by Crippen LogP contribution is -2.51. The van der Waals surface area contributed by atoms with Crippen LogP contribution < -0.4 is 5.32 Å². The molecule has 2 rings (SSSR count). The second-order valence-electron chi connectivity index (χ2n) is 5.53. The number of hydrogen-bond donors (Lipinski definition) is 2. The molecule has 2 N–H and O–H groups in total. The molecule has 0 aromatic heterocycles. The molecule has 0 aliphatic carbocycles. The lowest BCUT2D eigenvalue weighted by atomic mass is 9.86. The minimum Gasteiger partial charge on any atom is -0.387 e. The van der Waals surface area contributed by atoms with E-state index in [-0.39, 0.29) is 11.6 Å². The van der Waals surface area contributed by atoms with E-state index in [0.29, 0.717) is 5.02 Å². The number of aliphatic hydroxyl groups is 1. The smallest absolute Gasteiger partial charge is 0.0943 e. The Labute approximate surface area is 108 Å². The standard InChI is InChI=1S/C14H20ClNO/c1-14(2)8-4-7-12(16-14)13(17)10-5-3-6-11(15)9-10/h3,5-6,9,12-13,16-17H,4,7-8H2,1-2H3. The number of rotatable bonds is 2. The van der Waals surface area contributed by atoms with Crippen molar-refractivity contribution in [2.75, 3.05) is 0 Å². The molecule has 0 spiro atoms. The topological polar surface area (TPSA) is 32.3 Å². The maximum Gasteiger partial charge on any atom is 0.0943 e. The Bertz CT molecular complexity index is 392. The molecular formula is C14H20ClNO. The predicted molar refractivity (Wildman–Crippen MR) is 71.3 cm³/mol. The van der Waals surface area contributed by atoms with Gasteiger partial charge in [0.15, 0.2) is 0 Å². The molecule has 1 heterocycles. The summed E-state index contributed by atoms with van der Waals surface area (Å²) in [6, 6.07) is 7.61. The molecule has 1 saturated heterocycles. The van der Waals surface area contributed by atoms with Gasteiger partial charge in [-0.05, 0) is 50.8 Å². The fraction of sp³-hybridized carbons (Fsp3) is 0.571. The number of piperidine rings is 1. The Morgan fingerprint density at radius 1 is 1.47 bits per heavy atom. The third kappa shape index (κ3) is 3.21. The van der Waals surface area contributed by atoms with E-state index < -0.39 is 6.10 Å². The fourth-order valence-corrected chi connectivity index (χ4v) is 2.77. The summed E-state index contributed by atoms with van der Waals surface area (Å²) < 4.78 is 0. The SMILES string of the molecule is CC1(C)CCCC(C(O)c2cccc(Cl)c2)N1. The highest BCUT2D eigenvalue weighted by atomic mass is 35.5. The molecule has 1 aliphatic rings. The van der Waals surface area contributed by atoms with E-state index in [2.05, 4.69) is 19.2 Å². The molecule has 2 atom stereocenters. The van der Waals surface area contributed by atoms with Gasteiger partial charge in [0.1, 0.15) is 0 Å². The third-order valence-corrected chi connectivity index (χ3v) is 3.70. The second-order valence-corrected chi connectivity index (χ2v) is 5.96. The Balaban J connectivity index is 2.12. The minimum atomic E-state index is -0.478. The first-order valence-corrected chi connectivity index (χ1v) is 6.57. The molecule has 17 heavy (non-hydrogen) atoms. The summed E-state index contributed by atoms with van der Waals surface area (Å²) in [7, 11) is 0. The average Bonchev–Trinajstić information content (AvgIpc) is 2.26. The van der Waals surface area contributed by atoms with Crippen LogP contribution in [0.25, 0.3) is 0 Å². The maximum atomic E-state index is 10.4.